The first-order valence-corrected chi connectivity index (χ1v) is 10.8. The SMILES string of the molecule is CCCN(CCC)C(=O)c1cncc(C(=O)N(C)C2CCS(=O)(=O)C2)c1. The number of carbonyl (C=O) groups is 2. The van der Waals surface area contributed by atoms with Crippen LogP contribution in [0.25, 0.3) is 0 Å². The molecule has 1 aliphatic rings. The Kier molecular flexibility index (Phi) is 6.75. The first-order valence-electron chi connectivity index (χ1n) is 9.01. The zero-order chi connectivity index (χ0) is 19.3. The fraction of sp³-hybridized carbons (Fsp3) is 0.611. The molecular formula is C18H27N3O4S. The molecule has 1 aromatic rings. The minimum atomic E-state index is -3.07. The van der Waals surface area contributed by atoms with Crippen LogP contribution in [0.5, 0.6) is 0 Å². The highest BCUT2D eigenvalue weighted by Crippen LogP contribution is 2.19. The Balaban J connectivity index is 2.17. The Morgan fingerprint density at radius 1 is 1.12 bits per heavy atom. The Hall–Kier alpha value is -1.96. The molecule has 1 fully saturated rings. The van der Waals surface area contributed by atoms with Gasteiger partial charge >= 0.3 is 0 Å². The molecule has 7 nitrogen and oxygen atoms in total. The minimum Gasteiger partial charge on any atom is -0.339 e. The van der Waals surface area contributed by atoms with Gasteiger partial charge in [-0.15, -0.1) is 0 Å². The molecule has 0 radical (unpaired) electrons. The molecule has 1 saturated heterocycles. The number of sulfone groups is 1. The zero-order valence-electron chi connectivity index (χ0n) is 15.6. The molecule has 2 amide bonds. The number of hydrogen-bond acceptors (Lipinski definition) is 5. The molecule has 26 heavy (non-hydrogen) atoms. The lowest BCUT2D eigenvalue weighted by atomic mass is 10.1. The van der Waals surface area contributed by atoms with Crippen LogP contribution in [-0.2, 0) is 9.84 Å². The van der Waals surface area contributed by atoms with Gasteiger partial charge in [-0.3, -0.25) is 14.6 Å². The molecule has 2 rings (SSSR count). The summed E-state index contributed by atoms with van der Waals surface area (Å²) in [6.07, 6.45) is 5.05. The van der Waals surface area contributed by atoms with Gasteiger partial charge < -0.3 is 9.80 Å². The van der Waals surface area contributed by atoms with Gasteiger partial charge in [0.15, 0.2) is 9.84 Å². The van der Waals surface area contributed by atoms with Crippen LogP contribution < -0.4 is 0 Å². The first-order chi connectivity index (χ1) is 12.3. The lowest BCUT2D eigenvalue weighted by Crippen LogP contribution is -2.38. The number of nitrogens with zero attached hydrogens (tertiary/aromatic N) is 3. The third kappa shape index (κ3) is 4.81. The van der Waals surface area contributed by atoms with Crippen molar-refractivity contribution in [1.82, 2.24) is 14.8 Å². The number of carbonyl (C=O) groups excluding carboxylic acids is 2. The maximum atomic E-state index is 12.7. The van der Waals surface area contributed by atoms with Crippen LogP contribution in [-0.4, -0.2) is 72.7 Å². The molecule has 1 aromatic heterocycles. The summed E-state index contributed by atoms with van der Waals surface area (Å²) in [5.41, 5.74) is 0.681. The van der Waals surface area contributed by atoms with Crippen LogP contribution in [0, 0.1) is 0 Å². The normalized spacial score (nSPS) is 18.5. The van der Waals surface area contributed by atoms with Crippen LogP contribution in [0.2, 0.25) is 0 Å². The van der Waals surface area contributed by atoms with Gasteiger partial charge in [0.1, 0.15) is 0 Å². The van der Waals surface area contributed by atoms with E-state index < -0.39 is 9.84 Å². The van der Waals surface area contributed by atoms with Gasteiger partial charge in [-0.25, -0.2) is 8.42 Å². The number of hydrogen-bond donors (Lipinski definition) is 0. The molecule has 0 aromatic carbocycles. The van der Waals surface area contributed by atoms with Crippen LogP contribution in [0.3, 0.4) is 0 Å². The van der Waals surface area contributed by atoms with Crippen molar-refractivity contribution in [2.45, 2.75) is 39.2 Å². The summed E-state index contributed by atoms with van der Waals surface area (Å²) in [5.74, 6) is -0.356. The highest BCUT2D eigenvalue weighted by atomic mass is 32.2. The van der Waals surface area contributed by atoms with E-state index >= 15 is 0 Å². The van der Waals surface area contributed by atoms with E-state index in [9.17, 15) is 18.0 Å². The molecule has 2 heterocycles. The largest absolute Gasteiger partial charge is 0.339 e. The van der Waals surface area contributed by atoms with Crippen LogP contribution >= 0.6 is 0 Å². The van der Waals surface area contributed by atoms with Gasteiger partial charge in [0.25, 0.3) is 11.8 Å². The molecular weight excluding hydrogens is 354 g/mol. The Labute approximate surface area is 155 Å². The number of pyridine rings is 1. The molecule has 1 atom stereocenters. The molecule has 0 aliphatic carbocycles. The van der Waals surface area contributed by atoms with E-state index in [1.807, 2.05) is 13.8 Å². The molecule has 8 heteroatoms. The van der Waals surface area contributed by atoms with E-state index in [1.165, 1.54) is 17.3 Å². The molecule has 1 aliphatic heterocycles. The second kappa shape index (κ2) is 8.62. The number of aromatic nitrogens is 1. The lowest BCUT2D eigenvalue weighted by molar-refractivity contribution is 0.0747. The fourth-order valence-electron chi connectivity index (χ4n) is 3.16. The fourth-order valence-corrected chi connectivity index (χ4v) is 4.94. The average Bonchev–Trinajstić information content (AvgIpc) is 2.99. The third-order valence-electron chi connectivity index (χ3n) is 4.58. The predicted molar refractivity (Wildman–Crippen MR) is 99.9 cm³/mol. The van der Waals surface area contributed by atoms with Crippen molar-refractivity contribution in [2.75, 3.05) is 31.6 Å². The zero-order valence-corrected chi connectivity index (χ0v) is 16.5. The van der Waals surface area contributed by atoms with Gasteiger partial charge in [-0.05, 0) is 25.3 Å². The predicted octanol–water partition coefficient (Wildman–Crippen LogP) is 1.60. The van der Waals surface area contributed by atoms with Crippen molar-refractivity contribution in [3.63, 3.8) is 0 Å². The van der Waals surface area contributed by atoms with Crippen LogP contribution in [0.4, 0.5) is 0 Å². The molecule has 0 N–H and O–H groups in total. The van der Waals surface area contributed by atoms with E-state index in [4.69, 9.17) is 0 Å². The Bertz CT molecular complexity index is 757. The van der Waals surface area contributed by atoms with Crippen molar-refractivity contribution in [1.29, 1.82) is 0 Å². The van der Waals surface area contributed by atoms with Gasteiger partial charge in [0.2, 0.25) is 0 Å². The van der Waals surface area contributed by atoms with Gasteiger partial charge in [0.05, 0.1) is 22.6 Å². The van der Waals surface area contributed by atoms with Crippen molar-refractivity contribution in [3.05, 3.63) is 29.6 Å². The third-order valence-corrected chi connectivity index (χ3v) is 6.33. The summed E-state index contributed by atoms with van der Waals surface area (Å²) < 4.78 is 23.3. The standard InChI is InChI=1S/C18H27N3O4S/c1-4-7-21(8-5-2)18(23)15-10-14(11-19-12-15)17(22)20(3)16-6-9-26(24,25)13-16/h10-12,16H,4-9,13H2,1-3H3. The number of amides is 2. The van der Waals surface area contributed by atoms with Gasteiger partial charge in [-0.1, -0.05) is 13.8 Å². The Morgan fingerprint density at radius 3 is 2.19 bits per heavy atom. The maximum Gasteiger partial charge on any atom is 0.255 e. The number of rotatable bonds is 7. The van der Waals surface area contributed by atoms with E-state index in [1.54, 1.807) is 18.0 Å². The van der Waals surface area contributed by atoms with Crippen LogP contribution in [0.1, 0.15) is 53.8 Å². The summed E-state index contributed by atoms with van der Waals surface area (Å²) in [4.78, 5) is 32.7. The summed E-state index contributed by atoms with van der Waals surface area (Å²) in [7, 11) is -1.47. The topological polar surface area (TPSA) is 87.7 Å². The molecule has 144 valence electrons. The van der Waals surface area contributed by atoms with Crippen molar-refractivity contribution in [3.8, 4) is 0 Å². The summed E-state index contributed by atoms with van der Waals surface area (Å²) in [6, 6.07) is 1.22. The minimum absolute atomic E-state index is 0.0118. The second-order valence-corrected chi connectivity index (χ2v) is 8.96. The Morgan fingerprint density at radius 2 is 1.69 bits per heavy atom. The highest BCUT2D eigenvalue weighted by molar-refractivity contribution is 7.91. The van der Waals surface area contributed by atoms with Crippen molar-refractivity contribution < 1.29 is 18.0 Å². The van der Waals surface area contributed by atoms with E-state index in [0.29, 0.717) is 30.6 Å². The van der Waals surface area contributed by atoms with Crippen molar-refractivity contribution >= 4 is 21.7 Å². The highest BCUT2D eigenvalue weighted by Gasteiger charge is 2.33. The quantitative estimate of drug-likeness (QED) is 0.716. The maximum absolute atomic E-state index is 12.7. The average molecular weight is 381 g/mol. The molecule has 0 saturated carbocycles. The van der Waals surface area contributed by atoms with Crippen LogP contribution in [0.15, 0.2) is 18.5 Å². The van der Waals surface area contributed by atoms with Gasteiger partial charge in [0, 0.05) is 38.6 Å². The summed E-state index contributed by atoms with van der Waals surface area (Å²) >= 11 is 0. The monoisotopic (exact) mass is 381 g/mol. The molecule has 0 bridgehead atoms. The van der Waals surface area contributed by atoms with E-state index in [-0.39, 0.29) is 29.4 Å². The summed E-state index contributed by atoms with van der Waals surface area (Å²) in [5, 5.41) is 0. The van der Waals surface area contributed by atoms with Gasteiger partial charge in [-0.2, -0.15) is 0 Å². The lowest BCUT2D eigenvalue weighted by Gasteiger charge is -2.24. The van der Waals surface area contributed by atoms with E-state index in [0.717, 1.165) is 12.8 Å². The van der Waals surface area contributed by atoms with E-state index in [2.05, 4.69) is 4.98 Å². The summed E-state index contributed by atoms with van der Waals surface area (Å²) in [6.45, 7) is 5.34. The van der Waals surface area contributed by atoms with Crippen molar-refractivity contribution in [2.24, 2.45) is 0 Å². The first kappa shape index (κ1) is 20.4. The molecule has 1 unspecified atom stereocenters. The second-order valence-electron chi connectivity index (χ2n) is 6.73. The smallest absolute Gasteiger partial charge is 0.255 e. The molecule has 0 spiro atoms.